The Balaban J connectivity index is 1.16. The van der Waals surface area contributed by atoms with Crippen molar-refractivity contribution in [2.45, 2.75) is 77.1 Å². The second-order valence-corrected chi connectivity index (χ2v) is 19.8. The van der Waals surface area contributed by atoms with Gasteiger partial charge in [-0.2, -0.15) is 0 Å². The van der Waals surface area contributed by atoms with Crippen molar-refractivity contribution in [2.75, 3.05) is 13.2 Å². The molecule has 34 heteroatoms. The van der Waals surface area contributed by atoms with Crippen molar-refractivity contribution in [1.82, 2.24) is 0 Å². The van der Waals surface area contributed by atoms with E-state index in [0.717, 1.165) is 0 Å². The van der Waals surface area contributed by atoms with Crippen LogP contribution in [0, 0.1) is 11.3 Å². The molecule has 2 aliphatic carbocycles. The van der Waals surface area contributed by atoms with Crippen LogP contribution in [0.3, 0.4) is 0 Å². The number of carboxylic acids is 1. The van der Waals surface area contributed by atoms with E-state index in [4.69, 9.17) is 42.6 Å². The SMILES string of the molecule is O=C(OC1OC2COC(=O)c3cc(O)c(O)c(O)c3-c3c(cc(O)c(O)c3O)C(=O)OC3C2OC(=O)C24C5c6c(cc(O)c(O)c6OC5(O)C5(O)OC2(C(=O)O)C2(O)OC5(O)C4C2(O)C(O)CO)C(=O)OC13)c1cc(O)c(O)c(O)c1. The van der Waals surface area contributed by atoms with Crippen molar-refractivity contribution < 1.29 is 168 Å². The summed E-state index contributed by atoms with van der Waals surface area (Å²) < 4.78 is 50.9. The molecule has 0 radical (unpaired) electrons. The van der Waals surface area contributed by atoms with E-state index >= 15 is 14.4 Å². The van der Waals surface area contributed by atoms with Crippen molar-refractivity contribution in [1.29, 1.82) is 0 Å². The van der Waals surface area contributed by atoms with Gasteiger partial charge in [-0.15, -0.1) is 0 Å². The van der Waals surface area contributed by atoms with Crippen LogP contribution in [0.25, 0.3) is 11.1 Å². The molecular formula is C47H36O34. The van der Waals surface area contributed by atoms with Gasteiger partial charge in [0, 0.05) is 16.7 Å². The average Bonchev–Trinajstić information content (AvgIpc) is 1.46. The summed E-state index contributed by atoms with van der Waals surface area (Å²) in [6, 6.07) is 1.81. The Hall–Kier alpha value is -9.10. The topological polar surface area (TPSA) is 570 Å². The van der Waals surface area contributed by atoms with Gasteiger partial charge >= 0.3 is 35.8 Å². The Labute approximate surface area is 443 Å². The number of hydrogen-bond donors (Lipinski definition) is 19. The monoisotopic (exact) mass is 1140 g/mol. The first-order valence-electron chi connectivity index (χ1n) is 23.1. The smallest absolute Gasteiger partial charge is 0.343 e. The number of esters is 5. The quantitative estimate of drug-likeness (QED) is 0.0508. The normalized spacial score (nSPS) is 36.7. The molecule has 8 heterocycles. The predicted octanol–water partition coefficient (Wildman–Crippen LogP) is -4.63. The molecule has 19 N–H and O–H groups in total. The first kappa shape index (κ1) is 52.6. The number of rotatable bonds is 5. The Bertz CT molecular complexity index is 3610. The van der Waals surface area contributed by atoms with E-state index in [1.165, 1.54) is 0 Å². The number of carbonyl (C=O) groups excluding carboxylic acids is 5. The number of cyclic esters (lactones) is 1. The van der Waals surface area contributed by atoms with E-state index in [2.05, 4.69) is 0 Å². The highest BCUT2D eigenvalue weighted by Crippen LogP contribution is 2.88. The highest BCUT2D eigenvalue weighted by atomic mass is 16.9. The van der Waals surface area contributed by atoms with Gasteiger partial charge in [-0.1, -0.05) is 0 Å². The number of fused-ring (bicyclic) bond motifs is 3. The van der Waals surface area contributed by atoms with Crippen LogP contribution in [-0.2, 0) is 47.5 Å². The van der Waals surface area contributed by atoms with Crippen LogP contribution in [0.15, 0.2) is 30.3 Å². The molecule has 0 aromatic heterocycles. The molecule has 15 atom stereocenters. The summed E-state index contributed by atoms with van der Waals surface area (Å²) in [6.07, 6.45) is -17.1. The molecule has 5 saturated heterocycles. The summed E-state index contributed by atoms with van der Waals surface area (Å²) in [5.41, 5.74) is -21.3. The largest absolute Gasteiger partial charge is 0.504 e. The Morgan fingerprint density at radius 2 is 1.15 bits per heavy atom. The van der Waals surface area contributed by atoms with Gasteiger partial charge in [0.1, 0.15) is 24.2 Å². The van der Waals surface area contributed by atoms with Crippen LogP contribution in [0.4, 0.5) is 0 Å². The minimum absolute atomic E-state index is 0.241. The van der Waals surface area contributed by atoms with Gasteiger partial charge in [0.25, 0.3) is 11.6 Å². The number of carboxylic acid groups (broad SMARTS) is 1. The molecule has 7 fully saturated rings. The van der Waals surface area contributed by atoms with Crippen LogP contribution < -0.4 is 4.74 Å². The van der Waals surface area contributed by atoms with E-state index in [0.29, 0.717) is 18.2 Å². The molecule has 81 heavy (non-hydrogen) atoms. The van der Waals surface area contributed by atoms with Gasteiger partial charge in [0.15, 0.2) is 69.6 Å². The minimum Gasteiger partial charge on any atom is -0.504 e. The van der Waals surface area contributed by atoms with Crippen molar-refractivity contribution in [2.24, 2.45) is 11.3 Å². The second-order valence-electron chi connectivity index (χ2n) is 19.8. The van der Waals surface area contributed by atoms with Crippen LogP contribution in [-0.4, -0.2) is 217 Å². The number of phenolic OH excluding ortho intramolecular Hbond substituents is 11. The molecule has 1 spiro atoms. The molecule has 10 bridgehead atoms. The molecule has 14 rings (SSSR count). The fraction of sp³-hybridized carbons (Fsp3) is 0.362. The fourth-order valence-corrected chi connectivity index (χ4v) is 12.8. The number of ether oxygens (including phenoxy) is 9. The summed E-state index contributed by atoms with van der Waals surface area (Å²) in [5.74, 6) is -53.7. The summed E-state index contributed by atoms with van der Waals surface area (Å²) in [4.78, 5) is 89.3. The van der Waals surface area contributed by atoms with Gasteiger partial charge in [-0.05, 0) is 30.3 Å². The molecule has 34 nitrogen and oxygen atoms in total. The van der Waals surface area contributed by atoms with E-state index in [1.807, 2.05) is 0 Å². The second kappa shape index (κ2) is 15.8. The lowest BCUT2D eigenvalue weighted by Crippen LogP contribution is -2.96. The van der Waals surface area contributed by atoms with E-state index in [-0.39, 0.29) is 12.1 Å². The van der Waals surface area contributed by atoms with Crippen molar-refractivity contribution in [3.05, 3.63) is 58.1 Å². The van der Waals surface area contributed by atoms with Crippen LogP contribution in [0.5, 0.6) is 69.0 Å². The van der Waals surface area contributed by atoms with Gasteiger partial charge in [0.2, 0.25) is 46.8 Å². The lowest BCUT2D eigenvalue weighted by atomic mass is 9.45. The van der Waals surface area contributed by atoms with Crippen molar-refractivity contribution in [3.8, 4) is 80.1 Å². The number of benzene rings is 4. The summed E-state index contributed by atoms with van der Waals surface area (Å²) >= 11 is 0. The number of phenols is 11. The molecule has 4 aromatic carbocycles. The van der Waals surface area contributed by atoms with Crippen molar-refractivity contribution >= 4 is 35.8 Å². The molecule has 15 unspecified atom stereocenters. The van der Waals surface area contributed by atoms with Crippen LogP contribution >= 0.6 is 0 Å². The van der Waals surface area contributed by atoms with E-state index in [9.17, 15) is 111 Å². The van der Waals surface area contributed by atoms with E-state index < -0.39 is 245 Å². The average molecular weight is 1140 g/mol. The molecule has 8 aliphatic heterocycles. The molecule has 10 aliphatic rings. The molecule has 4 aromatic rings. The molecule has 428 valence electrons. The first-order chi connectivity index (χ1) is 37.8. The summed E-state index contributed by atoms with van der Waals surface area (Å²) in [6.45, 7) is -3.36. The van der Waals surface area contributed by atoms with Crippen LogP contribution in [0.2, 0.25) is 0 Å². The third-order valence-electron chi connectivity index (χ3n) is 16.1. The highest BCUT2D eigenvalue weighted by Gasteiger charge is 3.12. The Morgan fingerprint density at radius 1 is 0.617 bits per heavy atom. The third kappa shape index (κ3) is 5.66. The number of aliphatic carboxylic acids is 1. The molecule has 0 amide bonds. The standard InChI is InChI=1S/C47H36O34/c48-6-18(54)42(68)38-41-32-21-11(5-16(53)25(58)29(21)79-44(32,69)47(72)45(38,70)81-46(42,71)43(41,80-47)39(65)66)36(64)76-31-30-28(77-40(41)67)17(74-37(31)78-33(61)8-1-12(49)22(55)13(50)2-8)7-73-34(62)9-3-14(51)23(56)26(59)19(9)20-10(35(63)75-30)4-15(52)24(57)27(20)60/h1-5,17-18,28,30-32,37-38,48-60,68-72H,6-7H2,(H,65,66). The van der Waals surface area contributed by atoms with Gasteiger partial charge in [-0.3, -0.25) is 4.79 Å². The fourth-order valence-electron chi connectivity index (χ4n) is 12.8. The zero-order chi connectivity index (χ0) is 58.9. The van der Waals surface area contributed by atoms with Gasteiger partial charge < -0.3 is 140 Å². The van der Waals surface area contributed by atoms with Gasteiger partial charge in [-0.25, -0.2) is 24.0 Å². The summed E-state index contributed by atoms with van der Waals surface area (Å²) in [7, 11) is 0. The number of carbonyl (C=O) groups is 6. The maximum atomic E-state index is 16.3. The Morgan fingerprint density at radius 3 is 1.73 bits per heavy atom. The molecular weight excluding hydrogens is 1110 g/mol. The Kier molecular flexibility index (Phi) is 10.3. The van der Waals surface area contributed by atoms with E-state index in [1.54, 1.807) is 0 Å². The predicted molar refractivity (Wildman–Crippen MR) is 235 cm³/mol. The lowest BCUT2D eigenvalue weighted by Gasteiger charge is -2.72. The highest BCUT2D eigenvalue weighted by molar-refractivity contribution is 6.08. The number of aliphatic hydroxyl groups excluding tert-OH is 2. The maximum Gasteiger partial charge on any atom is 0.343 e. The number of hydrogen-bond acceptors (Lipinski definition) is 33. The van der Waals surface area contributed by atoms with Gasteiger partial charge in [0.05, 0.1) is 40.7 Å². The zero-order valence-corrected chi connectivity index (χ0v) is 39.5. The lowest BCUT2D eigenvalue weighted by molar-refractivity contribution is -0.606. The minimum atomic E-state index is -4.45. The zero-order valence-electron chi connectivity index (χ0n) is 39.5. The molecule has 2 saturated carbocycles. The maximum absolute atomic E-state index is 16.3. The van der Waals surface area contributed by atoms with Crippen molar-refractivity contribution in [3.63, 3.8) is 0 Å². The summed E-state index contributed by atoms with van der Waals surface area (Å²) in [5, 5.41) is 215. The van der Waals surface area contributed by atoms with Crippen LogP contribution in [0.1, 0.15) is 52.9 Å². The third-order valence-corrected chi connectivity index (χ3v) is 16.1. The number of aromatic hydroxyl groups is 11. The number of aliphatic hydroxyl groups is 7. The first-order valence-corrected chi connectivity index (χ1v) is 23.1.